The van der Waals surface area contributed by atoms with Gasteiger partial charge in [-0.2, -0.15) is 0 Å². The molecule has 0 unspecified atom stereocenters. The van der Waals surface area contributed by atoms with Crippen molar-refractivity contribution in [3.8, 4) is 0 Å². The van der Waals surface area contributed by atoms with Crippen LogP contribution in [-0.2, 0) is 9.53 Å². The maximum Gasteiger partial charge on any atom is 0.337 e. The molecule has 0 radical (unpaired) electrons. The van der Waals surface area contributed by atoms with Gasteiger partial charge in [-0.3, -0.25) is 0 Å². The Morgan fingerprint density at radius 1 is 1.28 bits per heavy atom. The summed E-state index contributed by atoms with van der Waals surface area (Å²) >= 11 is 0. The maximum absolute atomic E-state index is 11.8. The van der Waals surface area contributed by atoms with Crippen LogP contribution in [0.2, 0.25) is 0 Å². The third kappa shape index (κ3) is 2.20. The predicted octanol–water partition coefficient (Wildman–Crippen LogP) is 1.49. The van der Waals surface area contributed by atoms with Gasteiger partial charge in [-0.15, -0.1) is 0 Å². The molecule has 0 aliphatic carbocycles. The first-order valence-corrected chi connectivity index (χ1v) is 5.55. The van der Waals surface area contributed by atoms with Crippen LogP contribution < -0.4 is 10.6 Å². The van der Waals surface area contributed by atoms with Gasteiger partial charge >= 0.3 is 12.0 Å². The molecule has 0 saturated heterocycles. The van der Waals surface area contributed by atoms with Crippen molar-refractivity contribution >= 4 is 12.0 Å². The number of nitrogens with one attached hydrogen (secondary N) is 2. The Morgan fingerprint density at radius 3 is 2.56 bits per heavy atom. The fourth-order valence-electron chi connectivity index (χ4n) is 1.97. The number of hydrogen-bond acceptors (Lipinski definition) is 3. The first kappa shape index (κ1) is 12.2. The smallest absolute Gasteiger partial charge is 0.337 e. The number of benzene rings is 1. The summed E-state index contributed by atoms with van der Waals surface area (Å²) in [4.78, 5) is 23.3. The highest BCUT2D eigenvalue weighted by Gasteiger charge is 2.31. The molecule has 2 rings (SSSR count). The zero-order chi connectivity index (χ0) is 13.1. The van der Waals surface area contributed by atoms with Crippen molar-refractivity contribution in [3.05, 3.63) is 47.2 Å². The summed E-state index contributed by atoms with van der Waals surface area (Å²) in [6.07, 6.45) is 0. The van der Waals surface area contributed by atoms with Crippen LogP contribution in [-0.4, -0.2) is 19.1 Å². The molecule has 1 aromatic rings. The predicted molar refractivity (Wildman–Crippen MR) is 65.6 cm³/mol. The van der Waals surface area contributed by atoms with E-state index in [1.807, 2.05) is 30.3 Å². The van der Waals surface area contributed by atoms with Crippen molar-refractivity contribution in [2.75, 3.05) is 7.11 Å². The first-order chi connectivity index (χ1) is 8.63. The molecule has 5 heteroatoms. The second-order valence-electron chi connectivity index (χ2n) is 3.97. The van der Waals surface area contributed by atoms with Crippen LogP contribution in [0.3, 0.4) is 0 Å². The summed E-state index contributed by atoms with van der Waals surface area (Å²) in [6.45, 7) is 1.68. The monoisotopic (exact) mass is 246 g/mol. The van der Waals surface area contributed by atoms with Gasteiger partial charge in [-0.1, -0.05) is 30.3 Å². The van der Waals surface area contributed by atoms with Crippen molar-refractivity contribution in [3.63, 3.8) is 0 Å². The SMILES string of the molecule is COC(=O)C1=C(C)NC(=O)N[C@@H]1c1ccccc1. The minimum Gasteiger partial charge on any atom is -0.466 e. The van der Waals surface area contributed by atoms with Crippen LogP contribution in [0.4, 0.5) is 4.79 Å². The Labute approximate surface area is 105 Å². The lowest BCUT2D eigenvalue weighted by molar-refractivity contribution is -0.136. The summed E-state index contributed by atoms with van der Waals surface area (Å²) < 4.78 is 4.76. The lowest BCUT2D eigenvalue weighted by Crippen LogP contribution is -2.45. The zero-order valence-corrected chi connectivity index (χ0v) is 10.2. The summed E-state index contributed by atoms with van der Waals surface area (Å²) in [5, 5.41) is 5.29. The molecule has 0 spiro atoms. The molecule has 18 heavy (non-hydrogen) atoms. The van der Waals surface area contributed by atoms with E-state index in [1.165, 1.54) is 7.11 Å². The minimum atomic E-state index is -0.479. The fourth-order valence-corrected chi connectivity index (χ4v) is 1.97. The number of amides is 2. The third-order valence-electron chi connectivity index (χ3n) is 2.81. The van der Waals surface area contributed by atoms with E-state index in [-0.39, 0.29) is 6.03 Å². The maximum atomic E-state index is 11.8. The van der Waals surface area contributed by atoms with Gasteiger partial charge in [0.2, 0.25) is 0 Å². The van der Waals surface area contributed by atoms with Crippen molar-refractivity contribution in [2.45, 2.75) is 13.0 Å². The van der Waals surface area contributed by atoms with Crippen molar-refractivity contribution in [1.29, 1.82) is 0 Å². The van der Waals surface area contributed by atoms with E-state index in [1.54, 1.807) is 6.92 Å². The molecule has 1 heterocycles. The normalized spacial score (nSPS) is 19.0. The molecular formula is C13H14N2O3. The van der Waals surface area contributed by atoms with Gasteiger partial charge < -0.3 is 15.4 Å². The molecule has 5 nitrogen and oxygen atoms in total. The van der Waals surface area contributed by atoms with Crippen LogP contribution >= 0.6 is 0 Å². The largest absolute Gasteiger partial charge is 0.466 e. The second kappa shape index (κ2) is 4.91. The van der Waals surface area contributed by atoms with Crippen molar-refractivity contribution < 1.29 is 14.3 Å². The molecule has 1 aliphatic rings. The van der Waals surface area contributed by atoms with Gasteiger partial charge in [0, 0.05) is 5.70 Å². The van der Waals surface area contributed by atoms with Gasteiger partial charge in [-0.05, 0) is 12.5 Å². The highest BCUT2D eigenvalue weighted by atomic mass is 16.5. The number of urea groups is 1. The number of rotatable bonds is 2. The molecule has 1 aromatic carbocycles. The molecule has 1 aliphatic heterocycles. The Balaban J connectivity index is 2.46. The van der Waals surface area contributed by atoms with Gasteiger partial charge in [0.1, 0.15) is 0 Å². The molecule has 1 atom stereocenters. The number of methoxy groups -OCH3 is 1. The molecule has 94 valence electrons. The number of esters is 1. The Bertz CT molecular complexity index is 508. The Morgan fingerprint density at radius 2 is 1.94 bits per heavy atom. The summed E-state index contributed by atoms with van der Waals surface area (Å²) in [5.41, 5.74) is 1.77. The number of ether oxygens (including phenoxy) is 1. The van der Waals surface area contributed by atoms with Crippen LogP contribution in [0.15, 0.2) is 41.6 Å². The fraction of sp³-hybridized carbons (Fsp3) is 0.231. The Hall–Kier alpha value is -2.30. The highest BCUT2D eigenvalue weighted by molar-refractivity contribution is 5.94. The van der Waals surface area contributed by atoms with E-state index < -0.39 is 12.0 Å². The van der Waals surface area contributed by atoms with Crippen LogP contribution in [0.5, 0.6) is 0 Å². The van der Waals surface area contributed by atoms with Gasteiger partial charge in [0.15, 0.2) is 0 Å². The summed E-state index contributed by atoms with van der Waals surface area (Å²) in [6, 6.07) is 8.49. The average Bonchev–Trinajstić information content (AvgIpc) is 2.38. The molecule has 0 aromatic heterocycles. The lowest BCUT2D eigenvalue weighted by atomic mass is 9.96. The summed E-state index contributed by atoms with van der Waals surface area (Å²) in [7, 11) is 1.32. The molecule has 2 N–H and O–H groups in total. The third-order valence-corrected chi connectivity index (χ3v) is 2.81. The molecule has 0 fully saturated rings. The van der Waals surface area contributed by atoms with E-state index >= 15 is 0 Å². The van der Waals surface area contributed by atoms with Crippen molar-refractivity contribution in [2.24, 2.45) is 0 Å². The van der Waals surface area contributed by atoms with E-state index in [2.05, 4.69) is 10.6 Å². The van der Waals surface area contributed by atoms with E-state index in [0.717, 1.165) is 5.56 Å². The quantitative estimate of drug-likeness (QED) is 0.777. The lowest BCUT2D eigenvalue weighted by Gasteiger charge is -2.27. The number of hydrogen-bond donors (Lipinski definition) is 2. The van der Waals surface area contributed by atoms with Crippen LogP contribution in [0, 0.1) is 0 Å². The second-order valence-corrected chi connectivity index (χ2v) is 3.97. The molecule has 0 saturated carbocycles. The number of allylic oxidation sites excluding steroid dienone is 1. The number of carbonyl (C=O) groups excluding carboxylic acids is 2. The van der Waals surface area contributed by atoms with Gasteiger partial charge in [-0.25, -0.2) is 9.59 Å². The molecular weight excluding hydrogens is 232 g/mol. The summed E-state index contributed by atoms with van der Waals surface area (Å²) in [5.74, 6) is -0.450. The molecule has 2 amide bonds. The standard InChI is InChI=1S/C13H14N2O3/c1-8-10(12(16)18-2)11(15-13(17)14-8)9-6-4-3-5-7-9/h3-7,11H,1-2H3,(H2,14,15,17)/t11-/m1/s1. The first-order valence-electron chi connectivity index (χ1n) is 5.55. The highest BCUT2D eigenvalue weighted by Crippen LogP contribution is 2.26. The van der Waals surface area contributed by atoms with Gasteiger partial charge in [0.25, 0.3) is 0 Å². The van der Waals surface area contributed by atoms with Crippen LogP contribution in [0.1, 0.15) is 18.5 Å². The zero-order valence-electron chi connectivity index (χ0n) is 10.2. The van der Waals surface area contributed by atoms with Gasteiger partial charge in [0.05, 0.1) is 18.7 Å². The minimum absolute atomic E-state index is 0.325. The average molecular weight is 246 g/mol. The van der Waals surface area contributed by atoms with Crippen LogP contribution in [0.25, 0.3) is 0 Å². The van der Waals surface area contributed by atoms with Crippen molar-refractivity contribution in [1.82, 2.24) is 10.6 Å². The van der Waals surface area contributed by atoms with E-state index in [4.69, 9.17) is 4.74 Å². The van der Waals surface area contributed by atoms with E-state index in [9.17, 15) is 9.59 Å². The molecule has 0 bridgehead atoms. The topological polar surface area (TPSA) is 67.4 Å². The van der Waals surface area contributed by atoms with E-state index in [0.29, 0.717) is 11.3 Å². The number of carbonyl (C=O) groups is 2. The Kier molecular flexibility index (Phi) is 3.32.